The summed E-state index contributed by atoms with van der Waals surface area (Å²) in [6.45, 7) is 2.02. The molecular formula is C15H16N2O. The van der Waals surface area contributed by atoms with Gasteiger partial charge in [-0.1, -0.05) is 30.3 Å². The molecule has 92 valence electrons. The number of hydrogen-bond acceptors (Lipinski definition) is 3. The molecule has 3 rings (SSSR count). The number of fused-ring (bicyclic) bond motifs is 1. The van der Waals surface area contributed by atoms with E-state index < -0.39 is 0 Å². The van der Waals surface area contributed by atoms with Gasteiger partial charge in [-0.25, -0.2) is 5.48 Å². The monoisotopic (exact) mass is 240 g/mol. The number of aryl methyl sites for hydroxylation is 1. The van der Waals surface area contributed by atoms with E-state index in [0.717, 1.165) is 17.0 Å². The van der Waals surface area contributed by atoms with E-state index in [-0.39, 0.29) is 0 Å². The van der Waals surface area contributed by atoms with Gasteiger partial charge < -0.3 is 10.6 Å². The Labute approximate surface area is 107 Å². The summed E-state index contributed by atoms with van der Waals surface area (Å²) in [5.41, 5.74) is 11.3. The molecule has 2 aromatic carbocycles. The van der Waals surface area contributed by atoms with Crippen molar-refractivity contribution in [2.45, 2.75) is 6.92 Å². The smallest absolute Gasteiger partial charge is 0.162 e. The molecule has 0 aromatic heterocycles. The van der Waals surface area contributed by atoms with Crippen LogP contribution >= 0.6 is 0 Å². The van der Waals surface area contributed by atoms with Gasteiger partial charge in [0.1, 0.15) is 0 Å². The second-order valence-electron chi connectivity index (χ2n) is 4.01. The Kier molecular flexibility index (Phi) is 3.86. The van der Waals surface area contributed by atoms with Crippen molar-refractivity contribution in [1.29, 1.82) is 0 Å². The summed E-state index contributed by atoms with van der Waals surface area (Å²) >= 11 is 0. The third-order valence-electron chi connectivity index (χ3n) is 2.46. The summed E-state index contributed by atoms with van der Waals surface area (Å²) in [5, 5.41) is 0. The standard InChI is InChI=1S/C8H7NO.C7H9N/c1-2-4-8-7(3-1)5-6-9-10-8;1-6-3-2-4-7(8)5-6/h1-6,9H;2-5H,8H2,1H3. The lowest BCUT2D eigenvalue weighted by Gasteiger charge is -2.11. The summed E-state index contributed by atoms with van der Waals surface area (Å²) in [6, 6.07) is 15.7. The van der Waals surface area contributed by atoms with Crippen molar-refractivity contribution in [3.05, 3.63) is 65.9 Å². The number of rotatable bonds is 0. The van der Waals surface area contributed by atoms with Gasteiger partial charge in [-0.05, 0) is 36.8 Å². The van der Waals surface area contributed by atoms with E-state index in [1.54, 1.807) is 6.20 Å². The van der Waals surface area contributed by atoms with Crippen LogP contribution in [-0.2, 0) is 0 Å². The van der Waals surface area contributed by atoms with Gasteiger partial charge in [0.05, 0.1) is 0 Å². The Morgan fingerprint density at radius 2 is 1.89 bits per heavy atom. The van der Waals surface area contributed by atoms with Crippen LogP contribution in [0.4, 0.5) is 5.69 Å². The molecule has 2 aromatic rings. The largest absolute Gasteiger partial charge is 0.399 e. The minimum absolute atomic E-state index is 0.838. The Morgan fingerprint density at radius 1 is 1.06 bits per heavy atom. The van der Waals surface area contributed by atoms with Crippen molar-refractivity contribution in [2.24, 2.45) is 0 Å². The summed E-state index contributed by atoms with van der Waals surface area (Å²) < 4.78 is 0. The highest BCUT2D eigenvalue weighted by atomic mass is 16.6. The average Bonchev–Trinajstić information content (AvgIpc) is 2.39. The van der Waals surface area contributed by atoms with E-state index in [1.165, 1.54) is 5.56 Å². The van der Waals surface area contributed by atoms with Crippen LogP contribution in [0.15, 0.2) is 54.7 Å². The zero-order valence-electron chi connectivity index (χ0n) is 10.3. The molecule has 0 unspecified atom stereocenters. The van der Waals surface area contributed by atoms with Crippen LogP contribution in [0.2, 0.25) is 0 Å². The van der Waals surface area contributed by atoms with Crippen LogP contribution in [0.5, 0.6) is 5.75 Å². The van der Waals surface area contributed by atoms with E-state index in [0.29, 0.717) is 0 Å². The normalized spacial score (nSPS) is 11.4. The van der Waals surface area contributed by atoms with Gasteiger partial charge in [0.2, 0.25) is 0 Å². The van der Waals surface area contributed by atoms with E-state index >= 15 is 0 Å². The molecule has 3 N–H and O–H groups in total. The Balaban J connectivity index is 0.000000138. The lowest BCUT2D eigenvalue weighted by Crippen LogP contribution is -2.13. The molecule has 18 heavy (non-hydrogen) atoms. The molecule has 3 heteroatoms. The fourth-order valence-electron chi connectivity index (χ4n) is 1.60. The number of para-hydroxylation sites is 1. The zero-order chi connectivity index (χ0) is 12.8. The molecule has 0 bridgehead atoms. The topological polar surface area (TPSA) is 47.3 Å². The van der Waals surface area contributed by atoms with E-state index in [4.69, 9.17) is 10.6 Å². The molecule has 0 saturated heterocycles. The molecule has 0 amide bonds. The van der Waals surface area contributed by atoms with Crippen LogP contribution in [0.3, 0.4) is 0 Å². The Hall–Kier alpha value is -2.42. The fourth-order valence-corrected chi connectivity index (χ4v) is 1.60. The van der Waals surface area contributed by atoms with E-state index in [9.17, 15) is 0 Å². The van der Waals surface area contributed by atoms with Gasteiger partial charge >= 0.3 is 0 Å². The van der Waals surface area contributed by atoms with Gasteiger partial charge in [-0.3, -0.25) is 0 Å². The molecular weight excluding hydrogens is 224 g/mol. The van der Waals surface area contributed by atoms with Crippen molar-refractivity contribution in [2.75, 3.05) is 5.73 Å². The lowest BCUT2D eigenvalue weighted by molar-refractivity contribution is 0.239. The summed E-state index contributed by atoms with van der Waals surface area (Å²) in [7, 11) is 0. The van der Waals surface area contributed by atoms with Crippen molar-refractivity contribution in [3.8, 4) is 5.75 Å². The quantitative estimate of drug-likeness (QED) is 0.695. The van der Waals surface area contributed by atoms with Crippen molar-refractivity contribution in [3.63, 3.8) is 0 Å². The first kappa shape index (κ1) is 12.0. The van der Waals surface area contributed by atoms with Crippen LogP contribution in [-0.4, -0.2) is 0 Å². The third kappa shape index (κ3) is 3.28. The molecule has 1 aliphatic heterocycles. The predicted octanol–water partition coefficient (Wildman–Crippen LogP) is 3.13. The van der Waals surface area contributed by atoms with Gasteiger partial charge in [0.25, 0.3) is 0 Å². The minimum Gasteiger partial charge on any atom is -0.399 e. The minimum atomic E-state index is 0.838. The maximum Gasteiger partial charge on any atom is 0.162 e. The lowest BCUT2D eigenvalue weighted by atomic mass is 10.2. The first-order chi connectivity index (χ1) is 8.75. The van der Waals surface area contributed by atoms with Crippen LogP contribution in [0.1, 0.15) is 11.1 Å². The number of hydrogen-bond donors (Lipinski definition) is 2. The van der Waals surface area contributed by atoms with Gasteiger partial charge in [0.15, 0.2) is 5.75 Å². The molecule has 3 nitrogen and oxygen atoms in total. The van der Waals surface area contributed by atoms with Crippen molar-refractivity contribution >= 4 is 11.8 Å². The summed E-state index contributed by atoms with van der Waals surface area (Å²) in [5.74, 6) is 0.880. The van der Waals surface area contributed by atoms with Gasteiger partial charge in [-0.15, -0.1) is 0 Å². The molecule has 0 fully saturated rings. The number of nitrogens with two attached hydrogens (primary N) is 1. The van der Waals surface area contributed by atoms with E-state index in [1.807, 2.05) is 61.5 Å². The highest BCUT2D eigenvalue weighted by Gasteiger charge is 2.01. The van der Waals surface area contributed by atoms with Crippen molar-refractivity contribution in [1.82, 2.24) is 5.48 Å². The molecule has 0 radical (unpaired) electrons. The van der Waals surface area contributed by atoms with Gasteiger partial charge in [-0.2, -0.15) is 0 Å². The van der Waals surface area contributed by atoms with Gasteiger partial charge in [0, 0.05) is 17.5 Å². The number of anilines is 1. The third-order valence-corrected chi connectivity index (χ3v) is 2.46. The maximum atomic E-state index is 5.46. The number of nitrogen functional groups attached to an aromatic ring is 1. The second-order valence-corrected chi connectivity index (χ2v) is 4.01. The Morgan fingerprint density at radius 3 is 2.56 bits per heavy atom. The highest BCUT2D eigenvalue weighted by Crippen LogP contribution is 2.20. The number of nitrogens with one attached hydrogen (secondary N) is 1. The number of benzene rings is 2. The molecule has 0 spiro atoms. The SMILES string of the molecule is C1=Cc2ccccc2ON1.Cc1cccc(N)c1. The summed E-state index contributed by atoms with van der Waals surface area (Å²) in [6.07, 6.45) is 3.74. The van der Waals surface area contributed by atoms with Crippen LogP contribution < -0.4 is 16.1 Å². The number of hydroxylamine groups is 1. The first-order valence-corrected chi connectivity index (χ1v) is 5.76. The molecule has 0 aliphatic carbocycles. The molecule has 1 aliphatic rings. The maximum absolute atomic E-state index is 5.46. The fraction of sp³-hybridized carbons (Fsp3) is 0.0667. The highest BCUT2D eigenvalue weighted by molar-refractivity contribution is 5.57. The molecule has 1 heterocycles. The zero-order valence-corrected chi connectivity index (χ0v) is 10.3. The average molecular weight is 240 g/mol. The summed E-state index contributed by atoms with van der Waals surface area (Å²) in [4.78, 5) is 5.09. The Bertz CT molecular complexity index is 532. The predicted molar refractivity (Wildman–Crippen MR) is 74.8 cm³/mol. The molecule has 0 atom stereocenters. The van der Waals surface area contributed by atoms with Crippen molar-refractivity contribution < 1.29 is 4.84 Å². The second kappa shape index (κ2) is 5.77. The van der Waals surface area contributed by atoms with Crippen LogP contribution in [0, 0.1) is 6.92 Å². The van der Waals surface area contributed by atoms with E-state index in [2.05, 4.69) is 5.48 Å². The molecule has 0 saturated carbocycles. The van der Waals surface area contributed by atoms with Crippen LogP contribution in [0.25, 0.3) is 6.08 Å². The first-order valence-electron chi connectivity index (χ1n) is 5.76.